The minimum absolute atomic E-state index is 0.0299. The van der Waals surface area contributed by atoms with Crippen molar-refractivity contribution < 1.29 is 14.3 Å². The van der Waals surface area contributed by atoms with E-state index in [-0.39, 0.29) is 5.91 Å². The Morgan fingerprint density at radius 2 is 1.73 bits per heavy atom. The van der Waals surface area contributed by atoms with Crippen LogP contribution in [0.4, 0.5) is 11.5 Å². The van der Waals surface area contributed by atoms with E-state index in [1.807, 2.05) is 32.0 Å². The van der Waals surface area contributed by atoms with Crippen molar-refractivity contribution in [1.82, 2.24) is 9.88 Å². The van der Waals surface area contributed by atoms with Crippen molar-refractivity contribution in [3.05, 3.63) is 42.1 Å². The lowest BCUT2D eigenvalue weighted by Gasteiger charge is -2.35. The van der Waals surface area contributed by atoms with E-state index in [0.29, 0.717) is 12.3 Å². The number of ether oxygens (including phenoxy) is 2. The molecule has 0 aliphatic carbocycles. The average Bonchev–Trinajstić information content (AvgIpc) is 2.74. The number of hydrogen-bond acceptors (Lipinski definition) is 6. The summed E-state index contributed by atoms with van der Waals surface area (Å²) in [5.41, 5.74) is 1.93. The molecule has 1 aromatic heterocycles. The molecular weight excluding hydrogens is 380 g/mol. The molecule has 1 aliphatic heterocycles. The van der Waals surface area contributed by atoms with Gasteiger partial charge in [-0.15, -0.1) is 0 Å². The number of methoxy groups -OCH3 is 2. The molecular formula is C23H32N4O3. The third kappa shape index (κ3) is 6.10. The quantitative estimate of drug-likeness (QED) is 0.717. The van der Waals surface area contributed by atoms with Crippen LogP contribution in [0.5, 0.6) is 11.5 Å². The van der Waals surface area contributed by atoms with Crippen molar-refractivity contribution >= 4 is 17.4 Å². The Hall–Kier alpha value is -2.80. The van der Waals surface area contributed by atoms with Gasteiger partial charge in [-0.3, -0.25) is 9.69 Å². The van der Waals surface area contributed by atoms with E-state index < -0.39 is 0 Å². The monoisotopic (exact) mass is 412 g/mol. The standard InChI is InChI=1S/C23H32N4O3/c1-17(2)11-23(28)25-19-5-6-22(24-15-19)27-9-7-26(8-10-27)16-18-12-20(29-3)14-21(13-18)30-4/h5-6,12-15,17H,7-11,16H2,1-4H3,(H,25,28). The van der Waals surface area contributed by atoms with E-state index in [4.69, 9.17) is 9.47 Å². The summed E-state index contributed by atoms with van der Waals surface area (Å²) in [6.45, 7) is 8.65. The number of carbonyl (C=O) groups is 1. The van der Waals surface area contributed by atoms with Gasteiger partial charge < -0.3 is 19.7 Å². The number of aromatic nitrogens is 1. The van der Waals surface area contributed by atoms with Gasteiger partial charge in [0.15, 0.2) is 0 Å². The Bertz CT molecular complexity index is 809. The van der Waals surface area contributed by atoms with Crippen LogP contribution in [0.1, 0.15) is 25.8 Å². The van der Waals surface area contributed by atoms with Crippen LogP contribution in [0.3, 0.4) is 0 Å². The smallest absolute Gasteiger partial charge is 0.224 e. The summed E-state index contributed by atoms with van der Waals surface area (Å²) in [6, 6.07) is 9.91. The molecule has 30 heavy (non-hydrogen) atoms. The minimum Gasteiger partial charge on any atom is -0.497 e. The summed E-state index contributed by atoms with van der Waals surface area (Å²) in [4.78, 5) is 21.2. The summed E-state index contributed by atoms with van der Waals surface area (Å²) in [7, 11) is 3.34. The van der Waals surface area contributed by atoms with Crippen LogP contribution >= 0.6 is 0 Å². The fourth-order valence-corrected chi connectivity index (χ4v) is 3.58. The first kappa shape index (κ1) is 21.9. The summed E-state index contributed by atoms with van der Waals surface area (Å²) in [5.74, 6) is 2.94. The van der Waals surface area contributed by atoms with Crippen LogP contribution in [0.15, 0.2) is 36.5 Å². The number of hydrogen-bond donors (Lipinski definition) is 1. The van der Waals surface area contributed by atoms with Crippen LogP contribution < -0.4 is 19.7 Å². The van der Waals surface area contributed by atoms with Gasteiger partial charge in [-0.25, -0.2) is 4.98 Å². The Labute approximate surface area is 179 Å². The predicted octanol–water partition coefficient (Wildman–Crippen LogP) is 3.41. The molecule has 162 valence electrons. The number of nitrogens with zero attached hydrogens (tertiary/aromatic N) is 3. The number of benzene rings is 1. The zero-order valence-corrected chi connectivity index (χ0v) is 18.4. The Kier molecular flexibility index (Phi) is 7.52. The molecule has 0 spiro atoms. The first-order chi connectivity index (χ1) is 14.5. The SMILES string of the molecule is COc1cc(CN2CCN(c3ccc(NC(=O)CC(C)C)cn3)CC2)cc(OC)c1. The molecule has 7 heteroatoms. The molecule has 2 aromatic rings. The summed E-state index contributed by atoms with van der Waals surface area (Å²) < 4.78 is 10.7. The predicted molar refractivity (Wildman–Crippen MR) is 119 cm³/mol. The Morgan fingerprint density at radius 3 is 2.27 bits per heavy atom. The van der Waals surface area contributed by atoms with Crippen LogP contribution in [0, 0.1) is 5.92 Å². The maximum Gasteiger partial charge on any atom is 0.224 e. The van der Waals surface area contributed by atoms with Gasteiger partial charge in [-0.1, -0.05) is 13.8 Å². The summed E-state index contributed by atoms with van der Waals surface area (Å²) >= 11 is 0. The molecule has 1 saturated heterocycles. The van der Waals surface area contributed by atoms with E-state index in [1.54, 1.807) is 20.4 Å². The first-order valence-corrected chi connectivity index (χ1v) is 10.4. The maximum atomic E-state index is 11.9. The first-order valence-electron chi connectivity index (χ1n) is 10.4. The van der Waals surface area contributed by atoms with Gasteiger partial charge in [0.1, 0.15) is 17.3 Å². The largest absolute Gasteiger partial charge is 0.497 e. The van der Waals surface area contributed by atoms with Gasteiger partial charge in [0.2, 0.25) is 5.91 Å². The van der Waals surface area contributed by atoms with Gasteiger partial charge in [-0.2, -0.15) is 0 Å². The topological polar surface area (TPSA) is 66.9 Å². The average molecular weight is 413 g/mol. The fraction of sp³-hybridized carbons (Fsp3) is 0.478. The normalized spacial score (nSPS) is 14.6. The van der Waals surface area contributed by atoms with Crippen LogP contribution in [-0.2, 0) is 11.3 Å². The lowest BCUT2D eigenvalue weighted by atomic mass is 10.1. The summed E-state index contributed by atoms with van der Waals surface area (Å²) in [6.07, 6.45) is 2.26. The van der Waals surface area contributed by atoms with Crippen LogP contribution in [0.2, 0.25) is 0 Å². The third-order valence-electron chi connectivity index (χ3n) is 5.14. The lowest BCUT2D eigenvalue weighted by Crippen LogP contribution is -2.46. The zero-order valence-electron chi connectivity index (χ0n) is 18.4. The molecule has 2 heterocycles. The second-order valence-corrected chi connectivity index (χ2v) is 8.04. The van der Waals surface area contributed by atoms with Gasteiger partial charge in [0.05, 0.1) is 26.1 Å². The second-order valence-electron chi connectivity index (χ2n) is 8.04. The van der Waals surface area contributed by atoms with Crippen LogP contribution in [-0.4, -0.2) is 56.2 Å². The molecule has 0 saturated carbocycles. The van der Waals surface area contributed by atoms with Crippen molar-refractivity contribution in [2.24, 2.45) is 5.92 Å². The Morgan fingerprint density at radius 1 is 1.07 bits per heavy atom. The van der Waals surface area contributed by atoms with Crippen molar-refractivity contribution in [2.45, 2.75) is 26.8 Å². The van der Waals surface area contributed by atoms with Gasteiger partial charge in [0.25, 0.3) is 0 Å². The second kappa shape index (κ2) is 10.3. The number of carbonyl (C=O) groups excluding carboxylic acids is 1. The van der Waals surface area contributed by atoms with Crippen molar-refractivity contribution in [1.29, 1.82) is 0 Å². The molecule has 3 rings (SSSR count). The molecule has 0 bridgehead atoms. The van der Waals surface area contributed by atoms with Crippen LogP contribution in [0.25, 0.3) is 0 Å². The number of amides is 1. The molecule has 0 unspecified atom stereocenters. The fourth-order valence-electron chi connectivity index (χ4n) is 3.58. The highest BCUT2D eigenvalue weighted by Crippen LogP contribution is 2.24. The van der Waals surface area contributed by atoms with E-state index >= 15 is 0 Å². The highest BCUT2D eigenvalue weighted by molar-refractivity contribution is 5.90. The molecule has 1 N–H and O–H groups in total. The molecule has 1 aromatic carbocycles. The van der Waals surface area contributed by atoms with Gasteiger partial charge in [0, 0.05) is 45.2 Å². The molecule has 0 atom stereocenters. The van der Waals surface area contributed by atoms with E-state index in [1.165, 1.54) is 5.56 Å². The van der Waals surface area contributed by atoms with Crippen molar-refractivity contribution in [3.63, 3.8) is 0 Å². The number of anilines is 2. The van der Waals surface area contributed by atoms with Crippen molar-refractivity contribution in [3.8, 4) is 11.5 Å². The molecule has 1 fully saturated rings. The number of pyridine rings is 1. The third-order valence-corrected chi connectivity index (χ3v) is 5.14. The van der Waals surface area contributed by atoms with Gasteiger partial charge in [-0.05, 0) is 35.7 Å². The van der Waals surface area contributed by atoms with Gasteiger partial charge >= 0.3 is 0 Å². The highest BCUT2D eigenvalue weighted by Gasteiger charge is 2.19. The number of nitrogens with one attached hydrogen (secondary N) is 1. The minimum atomic E-state index is 0.0299. The molecule has 0 radical (unpaired) electrons. The maximum absolute atomic E-state index is 11.9. The number of piperazine rings is 1. The van der Waals surface area contributed by atoms with E-state index in [9.17, 15) is 4.79 Å². The van der Waals surface area contributed by atoms with Crippen molar-refractivity contribution in [2.75, 3.05) is 50.6 Å². The number of rotatable bonds is 8. The molecule has 1 amide bonds. The molecule has 1 aliphatic rings. The zero-order chi connectivity index (χ0) is 21.5. The molecule has 7 nitrogen and oxygen atoms in total. The van der Waals surface area contributed by atoms with E-state index in [2.05, 4.69) is 32.2 Å². The summed E-state index contributed by atoms with van der Waals surface area (Å²) in [5, 5.41) is 2.91. The van der Waals surface area contributed by atoms with E-state index in [0.717, 1.165) is 55.7 Å². The highest BCUT2D eigenvalue weighted by atomic mass is 16.5. The Balaban J connectivity index is 1.52. The lowest BCUT2D eigenvalue weighted by molar-refractivity contribution is -0.116.